The van der Waals surface area contributed by atoms with Crippen LogP contribution in [0.2, 0.25) is 5.02 Å². The number of nitrogens with zero attached hydrogens (tertiary/aromatic N) is 1. The minimum atomic E-state index is -0.341. The second kappa shape index (κ2) is 9.25. The maximum Gasteiger partial charge on any atom is 0.234 e. The summed E-state index contributed by atoms with van der Waals surface area (Å²) in [4.78, 5) is 16.5. The molecular weight excluding hydrogens is 314 g/mol. The summed E-state index contributed by atoms with van der Waals surface area (Å²) in [7, 11) is 1.62. The van der Waals surface area contributed by atoms with E-state index in [-0.39, 0.29) is 18.5 Å². The Balaban J connectivity index is 2.10. The van der Waals surface area contributed by atoms with Crippen LogP contribution in [0.5, 0.6) is 0 Å². The maximum atomic E-state index is 12.2. The fourth-order valence-electron chi connectivity index (χ4n) is 2.15. The SMILES string of the molecule is COCCNCC(=O)NC(c1cccc(Cl)c1)c1ccccn1. The summed E-state index contributed by atoms with van der Waals surface area (Å²) >= 11 is 6.07. The van der Waals surface area contributed by atoms with Gasteiger partial charge in [0, 0.05) is 24.9 Å². The number of pyridine rings is 1. The van der Waals surface area contributed by atoms with Crippen LogP contribution in [0.3, 0.4) is 0 Å². The van der Waals surface area contributed by atoms with Gasteiger partial charge in [-0.05, 0) is 29.8 Å². The Morgan fingerprint density at radius 1 is 1.30 bits per heavy atom. The molecule has 1 heterocycles. The van der Waals surface area contributed by atoms with Crippen molar-refractivity contribution in [3.8, 4) is 0 Å². The van der Waals surface area contributed by atoms with Gasteiger partial charge in [0.1, 0.15) is 0 Å². The van der Waals surface area contributed by atoms with Crippen LogP contribution in [0.25, 0.3) is 0 Å². The number of methoxy groups -OCH3 is 1. The van der Waals surface area contributed by atoms with E-state index in [2.05, 4.69) is 15.6 Å². The molecule has 0 aliphatic heterocycles. The highest BCUT2D eigenvalue weighted by molar-refractivity contribution is 6.30. The molecule has 0 bridgehead atoms. The molecule has 1 atom stereocenters. The molecule has 0 aliphatic rings. The fourth-order valence-corrected chi connectivity index (χ4v) is 2.35. The Morgan fingerprint density at radius 2 is 2.17 bits per heavy atom. The molecule has 2 N–H and O–H groups in total. The zero-order valence-electron chi connectivity index (χ0n) is 13.0. The molecule has 5 nitrogen and oxygen atoms in total. The van der Waals surface area contributed by atoms with Crippen LogP contribution in [0.4, 0.5) is 0 Å². The van der Waals surface area contributed by atoms with Gasteiger partial charge in [0.25, 0.3) is 0 Å². The van der Waals surface area contributed by atoms with E-state index in [1.54, 1.807) is 19.4 Å². The second-order valence-electron chi connectivity index (χ2n) is 4.98. The van der Waals surface area contributed by atoms with Gasteiger partial charge in [0.15, 0.2) is 0 Å². The van der Waals surface area contributed by atoms with Crippen LogP contribution in [0, 0.1) is 0 Å². The van der Waals surface area contributed by atoms with E-state index in [1.165, 1.54) is 0 Å². The molecule has 1 aromatic carbocycles. The lowest BCUT2D eigenvalue weighted by atomic mass is 10.0. The second-order valence-corrected chi connectivity index (χ2v) is 5.42. The molecule has 0 radical (unpaired) electrons. The van der Waals surface area contributed by atoms with Crippen molar-refractivity contribution in [1.29, 1.82) is 0 Å². The molecule has 0 aliphatic carbocycles. The van der Waals surface area contributed by atoms with Crippen LogP contribution < -0.4 is 10.6 Å². The van der Waals surface area contributed by atoms with Crippen LogP contribution in [-0.4, -0.2) is 37.7 Å². The number of aromatic nitrogens is 1. The van der Waals surface area contributed by atoms with E-state index in [9.17, 15) is 4.79 Å². The van der Waals surface area contributed by atoms with Crippen LogP contribution in [-0.2, 0) is 9.53 Å². The zero-order valence-corrected chi connectivity index (χ0v) is 13.7. The molecule has 6 heteroatoms. The smallest absolute Gasteiger partial charge is 0.234 e. The van der Waals surface area contributed by atoms with Gasteiger partial charge < -0.3 is 15.4 Å². The monoisotopic (exact) mass is 333 g/mol. The summed E-state index contributed by atoms with van der Waals surface area (Å²) in [6.45, 7) is 1.40. The van der Waals surface area contributed by atoms with E-state index < -0.39 is 0 Å². The number of benzene rings is 1. The average molecular weight is 334 g/mol. The minimum Gasteiger partial charge on any atom is -0.383 e. The molecule has 2 rings (SSSR count). The number of hydrogen-bond acceptors (Lipinski definition) is 4. The fraction of sp³-hybridized carbons (Fsp3) is 0.294. The summed E-state index contributed by atoms with van der Waals surface area (Å²) in [6.07, 6.45) is 1.70. The number of carbonyl (C=O) groups is 1. The molecule has 0 spiro atoms. The van der Waals surface area contributed by atoms with Gasteiger partial charge in [-0.15, -0.1) is 0 Å². The highest BCUT2D eigenvalue weighted by Crippen LogP contribution is 2.22. The first kappa shape index (κ1) is 17.4. The van der Waals surface area contributed by atoms with Gasteiger partial charge in [-0.2, -0.15) is 0 Å². The molecule has 122 valence electrons. The minimum absolute atomic E-state index is 0.114. The van der Waals surface area contributed by atoms with E-state index in [0.717, 1.165) is 11.3 Å². The van der Waals surface area contributed by atoms with Crippen molar-refractivity contribution in [3.63, 3.8) is 0 Å². The summed E-state index contributed by atoms with van der Waals surface area (Å²) in [5, 5.41) is 6.63. The Morgan fingerprint density at radius 3 is 2.87 bits per heavy atom. The molecule has 0 fully saturated rings. The number of ether oxygens (including phenoxy) is 1. The quantitative estimate of drug-likeness (QED) is 0.727. The van der Waals surface area contributed by atoms with E-state index >= 15 is 0 Å². The number of nitrogens with one attached hydrogen (secondary N) is 2. The number of carbonyl (C=O) groups excluding carboxylic acids is 1. The predicted octanol–water partition coefficient (Wildman–Crippen LogP) is 2.18. The molecular formula is C17H20ClN3O2. The Bertz CT molecular complexity index is 622. The third kappa shape index (κ3) is 5.63. The molecule has 1 aromatic heterocycles. The van der Waals surface area contributed by atoms with Crippen molar-refractivity contribution >= 4 is 17.5 Å². The van der Waals surface area contributed by atoms with Gasteiger partial charge in [-0.3, -0.25) is 9.78 Å². The topological polar surface area (TPSA) is 63.2 Å². The molecule has 1 amide bonds. The molecule has 1 unspecified atom stereocenters. The predicted molar refractivity (Wildman–Crippen MR) is 90.4 cm³/mol. The first-order valence-corrected chi connectivity index (χ1v) is 7.74. The van der Waals surface area contributed by atoms with Gasteiger partial charge in [-0.25, -0.2) is 0 Å². The maximum absolute atomic E-state index is 12.2. The van der Waals surface area contributed by atoms with Gasteiger partial charge >= 0.3 is 0 Å². The van der Waals surface area contributed by atoms with Crippen molar-refractivity contribution in [2.45, 2.75) is 6.04 Å². The molecule has 2 aromatic rings. The average Bonchev–Trinajstić information content (AvgIpc) is 2.57. The number of halogens is 1. The Labute approximate surface area is 141 Å². The summed E-state index contributed by atoms with van der Waals surface area (Å²) in [5.74, 6) is -0.114. The number of amides is 1. The van der Waals surface area contributed by atoms with Gasteiger partial charge in [-0.1, -0.05) is 29.8 Å². The first-order chi connectivity index (χ1) is 11.2. The first-order valence-electron chi connectivity index (χ1n) is 7.36. The lowest BCUT2D eigenvalue weighted by Gasteiger charge is -2.19. The van der Waals surface area contributed by atoms with Crippen LogP contribution >= 0.6 is 11.6 Å². The van der Waals surface area contributed by atoms with Crippen LogP contribution in [0.15, 0.2) is 48.7 Å². The lowest BCUT2D eigenvalue weighted by Crippen LogP contribution is -2.38. The summed E-state index contributed by atoms with van der Waals surface area (Å²) < 4.78 is 4.94. The third-order valence-electron chi connectivity index (χ3n) is 3.24. The van der Waals surface area contributed by atoms with Gasteiger partial charge in [0.2, 0.25) is 5.91 Å². The van der Waals surface area contributed by atoms with E-state index in [0.29, 0.717) is 18.2 Å². The standard InChI is InChI=1S/C17H20ClN3O2/c1-23-10-9-19-12-16(22)21-17(15-7-2-3-8-20-15)13-5-4-6-14(18)11-13/h2-8,11,17,19H,9-10,12H2,1H3,(H,21,22). The number of rotatable bonds is 8. The Hall–Kier alpha value is -1.95. The lowest BCUT2D eigenvalue weighted by molar-refractivity contribution is -0.120. The normalized spacial score (nSPS) is 11.9. The van der Waals surface area contributed by atoms with E-state index in [1.807, 2.05) is 36.4 Å². The van der Waals surface area contributed by atoms with Crippen molar-refractivity contribution in [3.05, 3.63) is 64.9 Å². The third-order valence-corrected chi connectivity index (χ3v) is 3.47. The van der Waals surface area contributed by atoms with Crippen LogP contribution in [0.1, 0.15) is 17.3 Å². The van der Waals surface area contributed by atoms with Crippen molar-refractivity contribution < 1.29 is 9.53 Å². The largest absolute Gasteiger partial charge is 0.383 e. The van der Waals surface area contributed by atoms with Crippen molar-refractivity contribution in [1.82, 2.24) is 15.6 Å². The van der Waals surface area contributed by atoms with Crippen molar-refractivity contribution in [2.24, 2.45) is 0 Å². The highest BCUT2D eigenvalue weighted by Gasteiger charge is 2.18. The van der Waals surface area contributed by atoms with Gasteiger partial charge in [0.05, 0.1) is 24.9 Å². The molecule has 23 heavy (non-hydrogen) atoms. The molecule has 0 saturated carbocycles. The molecule has 0 saturated heterocycles. The highest BCUT2D eigenvalue weighted by atomic mass is 35.5. The number of hydrogen-bond donors (Lipinski definition) is 2. The van der Waals surface area contributed by atoms with E-state index in [4.69, 9.17) is 16.3 Å². The zero-order chi connectivity index (χ0) is 16.5. The Kier molecular flexibility index (Phi) is 7.00. The van der Waals surface area contributed by atoms with Crippen molar-refractivity contribution in [2.75, 3.05) is 26.8 Å². The summed E-state index contributed by atoms with van der Waals surface area (Å²) in [6, 6.07) is 12.7. The summed E-state index contributed by atoms with van der Waals surface area (Å²) in [5.41, 5.74) is 1.65.